The van der Waals surface area contributed by atoms with Crippen LogP contribution in [-0.4, -0.2) is 0 Å². The van der Waals surface area contributed by atoms with Crippen LogP contribution in [0.4, 0.5) is 32.0 Å². The number of nitrogens with two attached hydrogens (primary N) is 1. The maximum Gasteiger partial charge on any atom is 0.418 e. The minimum atomic E-state index is -4.89. The van der Waals surface area contributed by atoms with Crippen molar-refractivity contribution in [3.8, 4) is 0 Å². The van der Waals surface area contributed by atoms with Crippen LogP contribution < -0.4 is 5.73 Å². The summed E-state index contributed by atoms with van der Waals surface area (Å²) in [4.78, 5) is 0. The summed E-state index contributed by atoms with van der Waals surface area (Å²) in [6, 6.07) is 1.38. The highest BCUT2D eigenvalue weighted by molar-refractivity contribution is 5.59. The molecule has 0 aliphatic carbocycles. The summed E-state index contributed by atoms with van der Waals surface area (Å²) in [7, 11) is 0. The zero-order chi connectivity index (χ0) is 13.4. The highest BCUT2D eigenvalue weighted by atomic mass is 19.4. The topological polar surface area (TPSA) is 26.0 Å². The first kappa shape index (κ1) is 13.7. The summed E-state index contributed by atoms with van der Waals surface area (Å²) in [6.45, 7) is 1.41. The van der Waals surface area contributed by atoms with Gasteiger partial charge in [0.05, 0.1) is 16.8 Å². The molecule has 0 amide bonds. The third-order valence-electron chi connectivity index (χ3n) is 2.30. The zero-order valence-corrected chi connectivity index (χ0v) is 8.71. The molecule has 0 unspecified atom stereocenters. The van der Waals surface area contributed by atoms with Gasteiger partial charge < -0.3 is 5.73 Å². The molecular weight excluding hydrogens is 248 g/mol. The predicted molar refractivity (Wildman–Crippen MR) is 50.2 cm³/mol. The number of hydrogen-bond acceptors (Lipinski definition) is 1. The smallest absolute Gasteiger partial charge is 0.398 e. The second kappa shape index (κ2) is 4.12. The van der Waals surface area contributed by atoms with Crippen LogP contribution in [0.25, 0.3) is 0 Å². The monoisotopic (exact) mass is 257 g/mol. The Balaban J connectivity index is 3.55. The molecule has 0 saturated carbocycles. The Hall–Kier alpha value is -1.40. The highest BCUT2D eigenvalue weighted by Gasteiger charge is 2.41. The molecule has 96 valence electrons. The summed E-state index contributed by atoms with van der Waals surface area (Å²) >= 11 is 0. The molecule has 0 aliphatic heterocycles. The van der Waals surface area contributed by atoms with E-state index in [1.807, 2.05) is 0 Å². The summed E-state index contributed by atoms with van der Waals surface area (Å²) in [6.07, 6.45) is -9.83. The number of halogens is 6. The van der Waals surface area contributed by atoms with Crippen molar-refractivity contribution in [3.63, 3.8) is 0 Å². The second-order valence-electron chi connectivity index (χ2n) is 3.41. The number of hydrogen-bond donors (Lipinski definition) is 1. The minimum absolute atomic E-state index is 0.0445. The maximum absolute atomic E-state index is 12.6. The second-order valence-corrected chi connectivity index (χ2v) is 3.41. The molecule has 2 N–H and O–H groups in total. The molecule has 1 rings (SSSR count). The van der Waals surface area contributed by atoms with E-state index in [0.717, 1.165) is 6.07 Å². The van der Waals surface area contributed by atoms with Gasteiger partial charge in [-0.25, -0.2) is 0 Å². The normalized spacial score (nSPS) is 12.9. The Kier molecular flexibility index (Phi) is 3.31. The lowest BCUT2D eigenvalue weighted by atomic mass is 9.98. The molecule has 0 atom stereocenters. The van der Waals surface area contributed by atoms with Crippen molar-refractivity contribution in [2.24, 2.45) is 0 Å². The van der Waals surface area contributed by atoms with Gasteiger partial charge in [0.15, 0.2) is 0 Å². The van der Waals surface area contributed by atoms with Crippen LogP contribution in [0.1, 0.15) is 23.6 Å². The molecule has 0 aliphatic rings. The van der Waals surface area contributed by atoms with Crippen LogP contribution in [0, 0.1) is 0 Å². The van der Waals surface area contributed by atoms with Crippen molar-refractivity contribution in [1.82, 2.24) is 0 Å². The standard InChI is InChI=1S/C10H9F6N/c1-2-5-3-4-6(9(11,12)13)8(17)7(5)10(14,15)16/h3-4H,2,17H2,1H3. The fraction of sp³-hybridized carbons (Fsp3) is 0.400. The Bertz CT molecular complexity index is 418. The third-order valence-corrected chi connectivity index (χ3v) is 2.30. The first-order chi connectivity index (χ1) is 7.59. The molecular formula is C10H9F6N. The number of rotatable bonds is 1. The quantitative estimate of drug-likeness (QED) is 0.599. The van der Waals surface area contributed by atoms with Crippen molar-refractivity contribution in [2.75, 3.05) is 5.73 Å². The van der Waals surface area contributed by atoms with Gasteiger partial charge in [0, 0.05) is 0 Å². The number of aryl methyl sites for hydroxylation is 1. The molecule has 7 heteroatoms. The molecule has 0 radical (unpaired) electrons. The Morgan fingerprint density at radius 3 is 1.88 bits per heavy atom. The van der Waals surface area contributed by atoms with E-state index < -0.39 is 29.2 Å². The van der Waals surface area contributed by atoms with Gasteiger partial charge in [0.1, 0.15) is 0 Å². The number of alkyl halides is 6. The first-order valence-corrected chi connectivity index (χ1v) is 4.64. The molecule has 0 fully saturated rings. The van der Waals surface area contributed by atoms with E-state index >= 15 is 0 Å². The van der Waals surface area contributed by atoms with Crippen LogP contribution in [0.3, 0.4) is 0 Å². The molecule has 0 spiro atoms. The minimum Gasteiger partial charge on any atom is -0.398 e. The lowest BCUT2D eigenvalue weighted by molar-refractivity contribution is -0.142. The van der Waals surface area contributed by atoms with Gasteiger partial charge in [-0.2, -0.15) is 26.3 Å². The zero-order valence-electron chi connectivity index (χ0n) is 8.71. The molecule has 0 bridgehead atoms. The van der Waals surface area contributed by atoms with Crippen molar-refractivity contribution in [2.45, 2.75) is 25.7 Å². The Labute approximate surface area is 93.2 Å². The van der Waals surface area contributed by atoms with E-state index in [1.54, 1.807) is 0 Å². The van der Waals surface area contributed by atoms with Gasteiger partial charge in [-0.05, 0) is 18.1 Å². The van der Waals surface area contributed by atoms with E-state index in [0.29, 0.717) is 6.07 Å². The van der Waals surface area contributed by atoms with Crippen LogP contribution in [-0.2, 0) is 18.8 Å². The number of nitrogen functional groups attached to an aromatic ring is 1. The molecule has 17 heavy (non-hydrogen) atoms. The van der Waals surface area contributed by atoms with Gasteiger partial charge in [-0.3, -0.25) is 0 Å². The van der Waals surface area contributed by atoms with E-state index in [4.69, 9.17) is 5.73 Å². The molecule has 1 nitrogen and oxygen atoms in total. The van der Waals surface area contributed by atoms with Crippen molar-refractivity contribution >= 4 is 5.69 Å². The average Bonchev–Trinajstić information content (AvgIpc) is 2.12. The van der Waals surface area contributed by atoms with Crippen LogP contribution in [0.2, 0.25) is 0 Å². The highest BCUT2D eigenvalue weighted by Crippen LogP contribution is 2.42. The van der Waals surface area contributed by atoms with Crippen molar-refractivity contribution < 1.29 is 26.3 Å². The fourth-order valence-corrected chi connectivity index (χ4v) is 1.54. The van der Waals surface area contributed by atoms with Gasteiger partial charge in [-0.1, -0.05) is 13.0 Å². The number of benzene rings is 1. The van der Waals surface area contributed by atoms with Gasteiger partial charge in [-0.15, -0.1) is 0 Å². The van der Waals surface area contributed by atoms with Gasteiger partial charge in [0.2, 0.25) is 0 Å². The summed E-state index contributed by atoms with van der Waals surface area (Å²) in [5.41, 5.74) is 0.635. The van der Waals surface area contributed by atoms with Crippen molar-refractivity contribution in [3.05, 3.63) is 28.8 Å². The summed E-state index contributed by atoms with van der Waals surface area (Å²) in [5, 5.41) is 0. The van der Waals surface area contributed by atoms with Crippen LogP contribution >= 0.6 is 0 Å². The van der Waals surface area contributed by atoms with E-state index in [1.165, 1.54) is 6.92 Å². The maximum atomic E-state index is 12.6. The average molecular weight is 257 g/mol. The van der Waals surface area contributed by atoms with Crippen molar-refractivity contribution in [1.29, 1.82) is 0 Å². The Morgan fingerprint density at radius 1 is 1.00 bits per heavy atom. The van der Waals surface area contributed by atoms with E-state index in [9.17, 15) is 26.3 Å². The molecule has 0 saturated heterocycles. The van der Waals surface area contributed by atoms with E-state index in [-0.39, 0.29) is 12.0 Å². The summed E-state index contributed by atoms with van der Waals surface area (Å²) < 4.78 is 75.1. The van der Waals surface area contributed by atoms with Gasteiger partial charge in [0.25, 0.3) is 0 Å². The third kappa shape index (κ3) is 2.65. The first-order valence-electron chi connectivity index (χ1n) is 4.64. The molecule has 0 heterocycles. The van der Waals surface area contributed by atoms with Crippen LogP contribution in [0.15, 0.2) is 12.1 Å². The fourth-order valence-electron chi connectivity index (χ4n) is 1.54. The SMILES string of the molecule is CCc1ccc(C(F)(F)F)c(N)c1C(F)(F)F. The summed E-state index contributed by atoms with van der Waals surface area (Å²) in [5.74, 6) is 0. The predicted octanol–water partition coefficient (Wildman–Crippen LogP) is 3.87. The van der Waals surface area contributed by atoms with Crippen LogP contribution in [0.5, 0.6) is 0 Å². The number of anilines is 1. The molecule has 1 aromatic rings. The largest absolute Gasteiger partial charge is 0.418 e. The lowest BCUT2D eigenvalue weighted by Crippen LogP contribution is -2.18. The lowest BCUT2D eigenvalue weighted by Gasteiger charge is -2.18. The Morgan fingerprint density at radius 2 is 1.53 bits per heavy atom. The molecule has 1 aromatic carbocycles. The van der Waals surface area contributed by atoms with Gasteiger partial charge >= 0.3 is 12.4 Å². The molecule has 0 aromatic heterocycles. The van der Waals surface area contributed by atoms with E-state index in [2.05, 4.69) is 0 Å².